The highest BCUT2D eigenvalue weighted by molar-refractivity contribution is 5.48. The van der Waals surface area contributed by atoms with Crippen molar-refractivity contribution >= 4 is 6.08 Å². The summed E-state index contributed by atoms with van der Waals surface area (Å²) in [6.07, 6.45) is 5.12. The highest BCUT2D eigenvalue weighted by Crippen LogP contribution is 2.15. The molecule has 92 valence electrons. The molecular weight excluding hydrogens is 218 g/mol. The zero-order chi connectivity index (χ0) is 12.8. The van der Waals surface area contributed by atoms with Gasteiger partial charge in [0.25, 0.3) is 0 Å². The Morgan fingerprint density at radius 3 is 2.33 bits per heavy atom. The Labute approximate surface area is 109 Å². The fourth-order valence-corrected chi connectivity index (χ4v) is 1.86. The summed E-state index contributed by atoms with van der Waals surface area (Å²) in [4.78, 5) is 0. The van der Waals surface area contributed by atoms with Crippen molar-refractivity contribution in [3.8, 4) is 0 Å². The molecule has 0 aliphatic carbocycles. The van der Waals surface area contributed by atoms with Crippen LogP contribution in [0.2, 0.25) is 0 Å². The van der Waals surface area contributed by atoms with Crippen molar-refractivity contribution in [3.05, 3.63) is 77.4 Å². The number of hydrogen-bond donors (Lipinski definition) is 1. The van der Waals surface area contributed by atoms with E-state index >= 15 is 0 Å². The lowest BCUT2D eigenvalue weighted by molar-refractivity contribution is 0.742. The van der Waals surface area contributed by atoms with Gasteiger partial charge in [0.15, 0.2) is 0 Å². The quantitative estimate of drug-likeness (QED) is 0.851. The predicted octanol–water partition coefficient (Wildman–Crippen LogP) is 4.10. The van der Waals surface area contributed by atoms with Crippen molar-refractivity contribution < 1.29 is 0 Å². The van der Waals surface area contributed by atoms with Crippen LogP contribution in [0.25, 0.3) is 6.08 Å². The highest BCUT2D eigenvalue weighted by Gasteiger charge is 2.02. The average molecular weight is 237 g/mol. The molecule has 0 fully saturated rings. The molecule has 0 spiro atoms. The van der Waals surface area contributed by atoms with Crippen LogP contribution in [0.15, 0.2) is 60.7 Å². The lowest BCUT2D eigenvalue weighted by Gasteiger charge is -2.09. The first-order valence-electron chi connectivity index (χ1n) is 6.29. The van der Waals surface area contributed by atoms with E-state index in [-0.39, 0.29) is 6.04 Å². The van der Waals surface area contributed by atoms with Gasteiger partial charge in [-0.2, -0.15) is 0 Å². The van der Waals surface area contributed by atoms with Gasteiger partial charge in [-0.3, -0.25) is 0 Å². The van der Waals surface area contributed by atoms with Gasteiger partial charge in [0, 0.05) is 6.04 Å². The van der Waals surface area contributed by atoms with E-state index in [2.05, 4.69) is 55.5 Å². The summed E-state index contributed by atoms with van der Waals surface area (Å²) in [6.45, 7) is 2.09. The maximum atomic E-state index is 6.16. The van der Waals surface area contributed by atoms with E-state index in [1.54, 1.807) is 0 Å². The molecule has 0 aliphatic heterocycles. The fourth-order valence-electron chi connectivity index (χ4n) is 1.86. The largest absolute Gasteiger partial charge is 0.324 e. The fraction of sp³-hybridized carbons (Fsp3) is 0.176. The minimum Gasteiger partial charge on any atom is -0.324 e. The van der Waals surface area contributed by atoms with E-state index in [9.17, 15) is 0 Å². The van der Waals surface area contributed by atoms with Crippen molar-refractivity contribution in [1.82, 2.24) is 0 Å². The Bertz CT molecular complexity index is 497. The molecule has 0 aliphatic rings. The maximum Gasteiger partial charge on any atom is 0.0329 e. The summed E-state index contributed by atoms with van der Waals surface area (Å²) in [5.74, 6) is 0. The Hall–Kier alpha value is -1.86. The molecular formula is C17H19N. The zero-order valence-electron chi connectivity index (χ0n) is 10.7. The summed E-state index contributed by atoms with van der Waals surface area (Å²) in [5.41, 5.74) is 9.84. The van der Waals surface area contributed by atoms with Gasteiger partial charge >= 0.3 is 0 Å². The number of aryl methyl sites for hydroxylation is 1. The SMILES string of the molecule is Cc1ccc([C@@H](N)C/C=C/c2ccccc2)cc1. The van der Waals surface area contributed by atoms with Gasteiger partial charge in [-0.25, -0.2) is 0 Å². The Kier molecular flexibility index (Phi) is 4.32. The first-order valence-corrected chi connectivity index (χ1v) is 6.29. The molecule has 0 bridgehead atoms. The van der Waals surface area contributed by atoms with Crippen molar-refractivity contribution in [3.63, 3.8) is 0 Å². The monoisotopic (exact) mass is 237 g/mol. The summed E-state index contributed by atoms with van der Waals surface area (Å²) in [5, 5.41) is 0. The highest BCUT2D eigenvalue weighted by atomic mass is 14.6. The second kappa shape index (κ2) is 6.18. The molecule has 2 aromatic rings. The van der Waals surface area contributed by atoms with Crippen molar-refractivity contribution in [2.45, 2.75) is 19.4 Å². The summed E-state index contributed by atoms with van der Waals surface area (Å²) < 4.78 is 0. The second-order valence-corrected chi connectivity index (χ2v) is 4.57. The summed E-state index contributed by atoms with van der Waals surface area (Å²) in [6, 6.07) is 18.8. The molecule has 18 heavy (non-hydrogen) atoms. The van der Waals surface area contributed by atoms with Gasteiger partial charge in [0.1, 0.15) is 0 Å². The van der Waals surface area contributed by atoms with Crippen LogP contribution in [0.3, 0.4) is 0 Å². The van der Waals surface area contributed by atoms with Crippen molar-refractivity contribution in [2.75, 3.05) is 0 Å². The Morgan fingerprint density at radius 1 is 1.00 bits per heavy atom. The van der Waals surface area contributed by atoms with Gasteiger partial charge in [0.05, 0.1) is 0 Å². The number of nitrogens with two attached hydrogens (primary N) is 1. The number of rotatable bonds is 4. The van der Waals surface area contributed by atoms with E-state index in [1.807, 2.05) is 18.2 Å². The van der Waals surface area contributed by atoms with Gasteiger partial charge in [-0.1, -0.05) is 72.3 Å². The van der Waals surface area contributed by atoms with Crippen LogP contribution in [0.5, 0.6) is 0 Å². The van der Waals surface area contributed by atoms with Gasteiger partial charge < -0.3 is 5.73 Å². The molecule has 2 aromatic carbocycles. The van der Waals surface area contributed by atoms with Crippen molar-refractivity contribution in [1.29, 1.82) is 0 Å². The number of benzene rings is 2. The molecule has 2 N–H and O–H groups in total. The molecule has 0 amide bonds. The third kappa shape index (κ3) is 3.57. The first kappa shape index (κ1) is 12.6. The van der Waals surface area contributed by atoms with E-state index in [0.29, 0.717) is 0 Å². The number of hydrogen-bond acceptors (Lipinski definition) is 1. The third-order valence-corrected chi connectivity index (χ3v) is 3.01. The van der Waals surface area contributed by atoms with Gasteiger partial charge in [-0.05, 0) is 24.5 Å². The lowest BCUT2D eigenvalue weighted by Crippen LogP contribution is -2.08. The van der Waals surface area contributed by atoms with Crippen LogP contribution in [0, 0.1) is 6.92 Å². The molecule has 2 rings (SSSR count). The van der Waals surface area contributed by atoms with Gasteiger partial charge in [-0.15, -0.1) is 0 Å². The maximum absolute atomic E-state index is 6.16. The van der Waals surface area contributed by atoms with E-state index in [0.717, 1.165) is 6.42 Å². The van der Waals surface area contributed by atoms with Crippen LogP contribution in [-0.4, -0.2) is 0 Å². The first-order chi connectivity index (χ1) is 8.75. The van der Waals surface area contributed by atoms with E-state index in [1.165, 1.54) is 16.7 Å². The van der Waals surface area contributed by atoms with Crippen molar-refractivity contribution in [2.24, 2.45) is 5.73 Å². The molecule has 1 nitrogen and oxygen atoms in total. The Morgan fingerprint density at radius 2 is 1.67 bits per heavy atom. The van der Waals surface area contributed by atoms with Crippen LogP contribution >= 0.6 is 0 Å². The topological polar surface area (TPSA) is 26.0 Å². The summed E-state index contributed by atoms with van der Waals surface area (Å²) in [7, 11) is 0. The average Bonchev–Trinajstić information content (AvgIpc) is 2.40. The van der Waals surface area contributed by atoms with Crippen LogP contribution in [0.1, 0.15) is 29.2 Å². The van der Waals surface area contributed by atoms with Crippen LogP contribution in [0.4, 0.5) is 0 Å². The van der Waals surface area contributed by atoms with E-state index < -0.39 is 0 Å². The molecule has 0 saturated heterocycles. The molecule has 1 atom stereocenters. The predicted molar refractivity (Wildman–Crippen MR) is 78.2 cm³/mol. The molecule has 0 aromatic heterocycles. The minimum atomic E-state index is 0.0746. The molecule has 1 heteroatoms. The molecule has 0 saturated carbocycles. The standard InChI is InChI=1S/C17H19N/c1-14-10-12-16(13-11-14)17(18)9-5-8-15-6-3-2-4-7-15/h2-8,10-13,17H,9,18H2,1H3/b8-5+/t17-/m0/s1. The van der Waals surface area contributed by atoms with Crippen LogP contribution < -0.4 is 5.73 Å². The molecule has 0 radical (unpaired) electrons. The Balaban J connectivity index is 1.94. The molecule has 0 unspecified atom stereocenters. The smallest absolute Gasteiger partial charge is 0.0329 e. The second-order valence-electron chi connectivity index (χ2n) is 4.57. The van der Waals surface area contributed by atoms with Crippen LogP contribution in [-0.2, 0) is 0 Å². The normalized spacial score (nSPS) is 12.8. The summed E-state index contributed by atoms with van der Waals surface area (Å²) >= 11 is 0. The zero-order valence-corrected chi connectivity index (χ0v) is 10.7. The lowest BCUT2D eigenvalue weighted by atomic mass is 10.0. The minimum absolute atomic E-state index is 0.0746. The van der Waals surface area contributed by atoms with E-state index in [4.69, 9.17) is 5.73 Å². The van der Waals surface area contributed by atoms with Gasteiger partial charge in [0.2, 0.25) is 0 Å². The molecule has 0 heterocycles. The third-order valence-electron chi connectivity index (χ3n) is 3.01.